The van der Waals surface area contributed by atoms with Crippen LogP contribution in [0.3, 0.4) is 0 Å². The SMILES string of the molecule is CC(C)(O)c1ncc(-c2ccc3nc4n(c3c2)CC[C@@H]4F)cn1. The fourth-order valence-corrected chi connectivity index (χ4v) is 2.96. The van der Waals surface area contributed by atoms with Crippen LogP contribution >= 0.6 is 0 Å². The molecule has 0 spiro atoms. The van der Waals surface area contributed by atoms with Crippen molar-refractivity contribution in [2.45, 2.75) is 38.6 Å². The lowest BCUT2D eigenvalue weighted by molar-refractivity contribution is 0.0687. The van der Waals surface area contributed by atoms with Crippen LogP contribution in [0.5, 0.6) is 0 Å². The molecule has 1 aliphatic rings. The van der Waals surface area contributed by atoms with Gasteiger partial charge in [-0.25, -0.2) is 19.3 Å². The number of aromatic nitrogens is 4. The van der Waals surface area contributed by atoms with E-state index >= 15 is 0 Å². The monoisotopic (exact) mass is 312 g/mol. The van der Waals surface area contributed by atoms with Gasteiger partial charge in [0.2, 0.25) is 0 Å². The van der Waals surface area contributed by atoms with Crippen molar-refractivity contribution < 1.29 is 9.50 Å². The predicted molar refractivity (Wildman–Crippen MR) is 84.5 cm³/mol. The molecule has 0 amide bonds. The summed E-state index contributed by atoms with van der Waals surface area (Å²) >= 11 is 0. The van der Waals surface area contributed by atoms with E-state index in [0.717, 1.165) is 22.2 Å². The van der Waals surface area contributed by atoms with Crippen molar-refractivity contribution in [3.05, 3.63) is 42.2 Å². The van der Waals surface area contributed by atoms with Crippen LogP contribution in [0, 0.1) is 0 Å². The van der Waals surface area contributed by atoms with Crippen LogP contribution in [0.4, 0.5) is 4.39 Å². The van der Waals surface area contributed by atoms with Crippen LogP contribution in [-0.2, 0) is 12.1 Å². The zero-order chi connectivity index (χ0) is 16.2. The van der Waals surface area contributed by atoms with E-state index in [0.29, 0.717) is 24.6 Å². The maximum absolute atomic E-state index is 13.8. The van der Waals surface area contributed by atoms with Crippen molar-refractivity contribution in [2.75, 3.05) is 0 Å². The molecule has 5 nitrogen and oxygen atoms in total. The van der Waals surface area contributed by atoms with Crippen LogP contribution in [0.25, 0.3) is 22.2 Å². The first kappa shape index (κ1) is 14.3. The average Bonchev–Trinajstić information content (AvgIpc) is 3.06. The highest BCUT2D eigenvalue weighted by Gasteiger charge is 2.26. The molecule has 1 atom stereocenters. The highest BCUT2D eigenvalue weighted by molar-refractivity contribution is 5.82. The first-order chi connectivity index (χ1) is 10.9. The Morgan fingerprint density at radius 2 is 1.96 bits per heavy atom. The minimum atomic E-state index is -1.06. The largest absolute Gasteiger partial charge is 0.382 e. The number of alkyl halides is 1. The minimum absolute atomic E-state index is 0.382. The number of hydrogen-bond donors (Lipinski definition) is 1. The lowest BCUT2D eigenvalue weighted by atomic mass is 10.1. The Morgan fingerprint density at radius 3 is 2.65 bits per heavy atom. The molecule has 23 heavy (non-hydrogen) atoms. The van der Waals surface area contributed by atoms with Gasteiger partial charge in [-0.05, 0) is 31.5 Å². The molecule has 0 aliphatic carbocycles. The Kier molecular flexibility index (Phi) is 2.99. The van der Waals surface area contributed by atoms with Crippen molar-refractivity contribution in [1.82, 2.24) is 19.5 Å². The van der Waals surface area contributed by atoms with Gasteiger partial charge in [-0.3, -0.25) is 0 Å². The fraction of sp³-hybridized carbons (Fsp3) is 0.353. The van der Waals surface area contributed by atoms with Crippen molar-refractivity contribution in [2.24, 2.45) is 0 Å². The summed E-state index contributed by atoms with van der Waals surface area (Å²) in [5, 5.41) is 9.92. The van der Waals surface area contributed by atoms with Crippen molar-refractivity contribution >= 4 is 11.0 Å². The molecule has 0 unspecified atom stereocenters. The van der Waals surface area contributed by atoms with Gasteiger partial charge in [-0.15, -0.1) is 0 Å². The lowest BCUT2D eigenvalue weighted by Gasteiger charge is -2.15. The van der Waals surface area contributed by atoms with Crippen LogP contribution < -0.4 is 0 Å². The lowest BCUT2D eigenvalue weighted by Crippen LogP contribution is -2.19. The highest BCUT2D eigenvalue weighted by atomic mass is 19.1. The van der Waals surface area contributed by atoms with Gasteiger partial charge < -0.3 is 9.67 Å². The van der Waals surface area contributed by atoms with Gasteiger partial charge in [-0.2, -0.15) is 0 Å². The van der Waals surface area contributed by atoms with Crippen molar-refractivity contribution in [3.8, 4) is 11.1 Å². The maximum Gasteiger partial charge on any atom is 0.159 e. The summed E-state index contributed by atoms with van der Waals surface area (Å²) in [6.07, 6.45) is 2.91. The van der Waals surface area contributed by atoms with Crippen LogP contribution in [0.1, 0.15) is 38.1 Å². The average molecular weight is 312 g/mol. The van der Waals surface area contributed by atoms with E-state index in [-0.39, 0.29) is 0 Å². The number of fused-ring (bicyclic) bond motifs is 3. The molecule has 3 aromatic rings. The Balaban J connectivity index is 1.77. The Labute approximate surface area is 132 Å². The number of hydrogen-bond acceptors (Lipinski definition) is 4. The summed E-state index contributed by atoms with van der Waals surface area (Å²) in [5.41, 5.74) is 2.48. The number of nitrogens with zero attached hydrogens (tertiary/aromatic N) is 4. The summed E-state index contributed by atoms with van der Waals surface area (Å²) in [6.45, 7) is 3.96. The van der Waals surface area contributed by atoms with E-state index in [1.54, 1.807) is 26.2 Å². The van der Waals surface area contributed by atoms with Gasteiger partial charge in [0.15, 0.2) is 12.0 Å². The topological polar surface area (TPSA) is 63.8 Å². The Bertz CT molecular complexity index is 880. The Hall–Kier alpha value is -2.34. The number of aryl methyl sites for hydroxylation is 1. The van der Waals surface area contributed by atoms with Gasteiger partial charge in [0.1, 0.15) is 11.4 Å². The molecule has 1 N–H and O–H groups in total. The molecule has 2 aromatic heterocycles. The molecule has 1 aromatic carbocycles. The minimum Gasteiger partial charge on any atom is -0.382 e. The molecule has 0 fully saturated rings. The second kappa shape index (κ2) is 4.83. The normalized spacial score (nSPS) is 17.7. The predicted octanol–water partition coefficient (Wildman–Crippen LogP) is 3.14. The maximum atomic E-state index is 13.8. The van der Waals surface area contributed by atoms with E-state index in [9.17, 15) is 9.50 Å². The third-order valence-corrected chi connectivity index (χ3v) is 4.20. The first-order valence-electron chi connectivity index (χ1n) is 7.63. The zero-order valence-electron chi connectivity index (χ0n) is 13.0. The summed E-state index contributed by atoms with van der Waals surface area (Å²) in [7, 11) is 0. The quantitative estimate of drug-likeness (QED) is 0.789. The van der Waals surface area contributed by atoms with Gasteiger partial charge in [0.05, 0.1) is 11.0 Å². The van der Waals surface area contributed by atoms with E-state index in [2.05, 4.69) is 15.0 Å². The molecule has 4 rings (SSSR count). The highest BCUT2D eigenvalue weighted by Crippen LogP contribution is 2.34. The van der Waals surface area contributed by atoms with Gasteiger partial charge in [0, 0.05) is 30.9 Å². The van der Waals surface area contributed by atoms with Crippen LogP contribution in [0.15, 0.2) is 30.6 Å². The fourth-order valence-electron chi connectivity index (χ4n) is 2.96. The molecule has 118 valence electrons. The van der Waals surface area contributed by atoms with Gasteiger partial charge in [-0.1, -0.05) is 6.07 Å². The van der Waals surface area contributed by atoms with Gasteiger partial charge >= 0.3 is 0 Å². The molecule has 0 saturated carbocycles. The number of aliphatic hydroxyl groups is 1. The third kappa shape index (κ3) is 2.30. The molecule has 0 bridgehead atoms. The number of rotatable bonds is 2. The van der Waals surface area contributed by atoms with Gasteiger partial charge in [0.25, 0.3) is 0 Å². The van der Waals surface area contributed by atoms with E-state index in [4.69, 9.17) is 0 Å². The smallest absolute Gasteiger partial charge is 0.159 e. The van der Waals surface area contributed by atoms with Crippen molar-refractivity contribution in [1.29, 1.82) is 0 Å². The van der Waals surface area contributed by atoms with Crippen LogP contribution in [0.2, 0.25) is 0 Å². The molecular weight excluding hydrogens is 295 g/mol. The van der Waals surface area contributed by atoms with E-state index in [1.807, 2.05) is 22.8 Å². The number of halogens is 1. The summed E-state index contributed by atoms with van der Waals surface area (Å²) in [4.78, 5) is 12.8. The number of benzene rings is 1. The van der Waals surface area contributed by atoms with E-state index < -0.39 is 11.8 Å². The summed E-state index contributed by atoms with van der Waals surface area (Å²) < 4.78 is 15.7. The molecule has 3 heterocycles. The number of imidazole rings is 1. The molecule has 1 aliphatic heterocycles. The molecule has 6 heteroatoms. The molecule has 0 radical (unpaired) electrons. The standard InChI is InChI=1S/C17H17FN4O/c1-17(2,23)16-19-8-11(9-20-16)10-3-4-13-14(7-10)22-6-5-12(18)15(22)21-13/h3-4,7-9,12,23H,5-6H2,1-2H3/t12-/m0/s1. The Morgan fingerprint density at radius 1 is 1.22 bits per heavy atom. The second-order valence-electron chi connectivity index (χ2n) is 6.44. The third-order valence-electron chi connectivity index (χ3n) is 4.20. The first-order valence-corrected chi connectivity index (χ1v) is 7.63. The summed E-state index contributed by atoms with van der Waals surface area (Å²) in [5.74, 6) is 0.902. The van der Waals surface area contributed by atoms with Crippen molar-refractivity contribution in [3.63, 3.8) is 0 Å². The second-order valence-corrected chi connectivity index (χ2v) is 6.44. The summed E-state index contributed by atoms with van der Waals surface area (Å²) in [6, 6.07) is 5.82. The van der Waals surface area contributed by atoms with Crippen LogP contribution in [-0.4, -0.2) is 24.6 Å². The molecule has 0 saturated heterocycles. The zero-order valence-corrected chi connectivity index (χ0v) is 13.0. The molecular formula is C17H17FN4O. The van der Waals surface area contributed by atoms with E-state index in [1.165, 1.54) is 0 Å².